The van der Waals surface area contributed by atoms with Gasteiger partial charge in [-0.3, -0.25) is 0 Å². The van der Waals surface area contributed by atoms with Gasteiger partial charge in [-0.2, -0.15) is 0 Å². The molecule has 0 aromatic carbocycles. The van der Waals surface area contributed by atoms with Crippen molar-refractivity contribution in [3.63, 3.8) is 0 Å². The molecule has 3 N–H and O–H groups in total. The van der Waals surface area contributed by atoms with E-state index < -0.39 is 0 Å². The van der Waals surface area contributed by atoms with Crippen molar-refractivity contribution in [2.45, 2.75) is 97.3 Å². The average molecular weight is 587 g/mol. The summed E-state index contributed by atoms with van der Waals surface area (Å²) in [6, 6.07) is 0. The molecular formula is C36H70N6. The monoisotopic (exact) mass is 587 g/mol. The predicted octanol–water partition coefficient (Wildman–Crippen LogP) is 4.91. The fraction of sp³-hybridized carbons (Fsp3) is 1.00. The number of hydrogen-bond donors (Lipinski definition) is 3. The van der Waals surface area contributed by atoms with E-state index in [0.29, 0.717) is 5.41 Å². The molecule has 1 spiro atoms. The number of nitrogens with zero attached hydrogens (tertiary/aromatic N) is 3. The Morgan fingerprint density at radius 3 is 1.79 bits per heavy atom. The van der Waals surface area contributed by atoms with Crippen molar-refractivity contribution in [1.29, 1.82) is 0 Å². The molecule has 7 rings (SSSR count). The summed E-state index contributed by atoms with van der Waals surface area (Å²) >= 11 is 0. The predicted molar refractivity (Wildman–Crippen MR) is 179 cm³/mol. The van der Waals surface area contributed by atoms with Gasteiger partial charge in [0.05, 0.1) is 0 Å². The summed E-state index contributed by atoms with van der Waals surface area (Å²) in [7, 11) is 0. The lowest BCUT2D eigenvalue weighted by Gasteiger charge is -2.56. The average Bonchev–Trinajstić information content (AvgIpc) is 3.85. The second kappa shape index (κ2) is 17.5. The minimum atomic E-state index is 0.716. The molecular weight excluding hydrogens is 516 g/mol. The summed E-state index contributed by atoms with van der Waals surface area (Å²) in [4.78, 5) is 8.02. The van der Waals surface area contributed by atoms with Crippen LogP contribution in [0.3, 0.4) is 0 Å². The molecule has 0 aromatic heterocycles. The van der Waals surface area contributed by atoms with Crippen molar-refractivity contribution in [2.24, 2.45) is 35.0 Å². The van der Waals surface area contributed by atoms with Gasteiger partial charge in [-0.15, -0.1) is 0 Å². The smallest absolute Gasteiger partial charge is 0.0207 e. The zero-order valence-corrected chi connectivity index (χ0v) is 28.0. The van der Waals surface area contributed by atoms with Gasteiger partial charge in [0.2, 0.25) is 0 Å². The first kappa shape index (κ1) is 33.1. The molecule has 7 fully saturated rings. The molecule has 6 heteroatoms. The first-order valence-electron chi connectivity index (χ1n) is 18.9. The third kappa shape index (κ3) is 11.0. The highest BCUT2D eigenvalue weighted by molar-refractivity contribution is 5.03. The summed E-state index contributed by atoms with van der Waals surface area (Å²) in [5.74, 6) is 5.12. The zero-order valence-electron chi connectivity index (χ0n) is 28.0. The molecule has 1 unspecified atom stereocenters. The highest BCUT2D eigenvalue weighted by atomic mass is 15.3. The van der Waals surface area contributed by atoms with Crippen LogP contribution in [0.4, 0.5) is 0 Å². The molecule has 6 nitrogen and oxygen atoms in total. The van der Waals surface area contributed by atoms with Crippen LogP contribution >= 0.6 is 0 Å². The second-order valence-corrected chi connectivity index (χ2v) is 15.8. The minimum absolute atomic E-state index is 0.716. The lowest BCUT2D eigenvalue weighted by Crippen LogP contribution is -2.71. The van der Waals surface area contributed by atoms with Gasteiger partial charge in [0.15, 0.2) is 0 Å². The number of piperidine rings is 4. The maximum absolute atomic E-state index is 3.46. The zero-order chi connectivity index (χ0) is 29.0. The highest BCUT2D eigenvalue weighted by Crippen LogP contribution is 2.42. The van der Waals surface area contributed by atoms with Crippen LogP contribution in [0, 0.1) is 35.0 Å². The van der Waals surface area contributed by atoms with Gasteiger partial charge in [-0.25, -0.2) is 0 Å². The van der Waals surface area contributed by atoms with Gasteiger partial charge in [0.25, 0.3) is 0 Å². The largest absolute Gasteiger partial charge is 0.317 e. The molecule has 1 atom stereocenters. The Bertz CT molecular complexity index is 684. The fourth-order valence-corrected chi connectivity index (χ4v) is 8.63. The van der Waals surface area contributed by atoms with E-state index in [0.717, 1.165) is 29.6 Å². The van der Waals surface area contributed by atoms with Crippen molar-refractivity contribution in [3.05, 3.63) is 0 Å². The lowest BCUT2D eigenvalue weighted by atomic mass is 9.74. The first-order valence-corrected chi connectivity index (χ1v) is 18.9. The molecule has 6 aliphatic heterocycles. The van der Waals surface area contributed by atoms with Crippen molar-refractivity contribution in [2.75, 3.05) is 98.2 Å². The fourth-order valence-electron chi connectivity index (χ4n) is 8.63. The van der Waals surface area contributed by atoms with Crippen LogP contribution in [-0.2, 0) is 0 Å². The van der Waals surface area contributed by atoms with Crippen molar-refractivity contribution < 1.29 is 0 Å². The molecule has 6 heterocycles. The van der Waals surface area contributed by atoms with E-state index in [-0.39, 0.29) is 0 Å². The summed E-state index contributed by atoms with van der Waals surface area (Å²) in [5.41, 5.74) is 0.716. The lowest BCUT2D eigenvalue weighted by molar-refractivity contribution is -0.0460. The van der Waals surface area contributed by atoms with Crippen LogP contribution in [0.15, 0.2) is 0 Å². The second-order valence-electron chi connectivity index (χ2n) is 15.8. The van der Waals surface area contributed by atoms with Crippen molar-refractivity contribution >= 4 is 0 Å². The van der Waals surface area contributed by atoms with E-state index in [9.17, 15) is 0 Å². The molecule has 0 amide bonds. The Kier molecular flexibility index (Phi) is 13.8. The van der Waals surface area contributed by atoms with E-state index in [4.69, 9.17) is 0 Å². The van der Waals surface area contributed by atoms with Gasteiger partial charge in [-0.05, 0) is 159 Å². The van der Waals surface area contributed by atoms with Gasteiger partial charge >= 0.3 is 0 Å². The highest BCUT2D eigenvalue weighted by Gasteiger charge is 2.47. The summed E-state index contributed by atoms with van der Waals surface area (Å²) in [6.45, 7) is 24.5. The van der Waals surface area contributed by atoms with E-state index in [2.05, 4.69) is 44.5 Å². The third-order valence-electron chi connectivity index (χ3n) is 12.0. The number of likely N-dealkylation sites (tertiary alicyclic amines) is 3. The van der Waals surface area contributed by atoms with Crippen LogP contribution in [0.5, 0.6) is 0 Å². The normalized spacial score (nSPS) is 29.0. The molecule has 7 aliphatic rings. The Balaban J connectivity index is 0.000000127. The van der Waals surface area contributed by atoms with E-state index >= 15 is 0 Å². The summed E-state index contributed by atoms with van der Waals surface area (Å²) < 4.78 is 0. The van der Waals surface area contributed by atoms with Gasteiger partial charge in [0.1, 0.15) is 0 Å². The maximum atomic E-state index is 3.46. The van der Waals surface area contributed by atoms with Crippen LogP contribution in [0.25, 0.3) is 0 Å². The maximum Gasteiger partial charge on any atom is 0.0207 e. The number of hydrogen-bond acceptors (Lipinski definition) is 6. The Labute approximate surface area is 260 Å². The van der Waals surface area contributed by atoms with Gasteiger partial charge in [0, 0.05) is 44.7 Å². The van der Waals surface area contributed by atoms with Crippen molar-refractivity contribution in [1.82, 2.24) is 30.7 Å². The topological polar surface area (TPSA) is 45.8 Å². The molecule has 0 aromatic rings. The molecule has 1 saturated carbocycles. The molecule has 0 radical (unpaired) electrons. The van der Waals surface area contributed by atoms with E-state index in [1.54, 1.807) is 12.8 Å². The molecule has 42 heavy (non-hydrogen) atoms. The third-order valence-corrected chi connectivity index (χ3v) is 12.0. The molecule has 6 saturated heterocycles. The molecule has 244 valence electrons. The Morgan fingerprint density at radius 2 is 1.24 bits per heavy atom. The first-order chi connectivity index (χ1) is 20.6. The number of rotatable bonds is 9. The standard InChI is InChI=1S/C14H26N2.C12H24N2.C10H20N2/c1-2-13(1)14-5-9-16(10-6-14)11-12-3-7-15-8-4-12;1-2-9-14(10-3-1)11-6-12-4-7-13-8-5-12;1-3-9(2)4-12-7-10(8-12)5-11-6-10/h12-15H,1-11H2;12-13H,1-11H2;9,11H,3-8H2,1-2H3. The summed E-state index contributed by atoms with van der Waals surface area (Å²) in [5, 5.41) is 10.3. The van der Waals surface area contributed by atoms with Gasteiger partial charge in [-0.1, -0.05) is 26.7 Å². The quantitative estimate of drug-likeness (QED) is 0.357. The number of nitrogens with one attached hydrogen (secondary N) is 3. The molecule has 1 aliphatic carbocycles. The Morgan fingerprint density at radius 1 is 0.643 bits per heavy atom. The van der Waals surface area contributed by atoms with Gasteiger partial charge < -0.3 is 30.7 Å². The van der Waals surface area contributed by atoms with Crippen LogP contribution in [0.1, 0.15) is 97.3 Å². The van der Waals surface area contributed by atoms with E-state index in [1.807, 2.05) is 0 Å². The van der Waals surface area contributed by atoms with E-state index in [1.165, 1.54) is 169 Å². The van der Waals surface area contributed by atoms with Crippen molar-refractivity contribution in [3.8, 4) is 0 Å². The Hall–Kier alpha value is -0.240. The van der Waals surface area contributed by atoms with Crippen LogP contribution in [-0.4, -0.2) is 113 Å². The van der Waals surface area contributed by atoms with Crippen LogP contribution < -0.4 is 16.0 Å². The molecule has 0 bridgehead atoms. The SMILES string of the molecule is C1CC(CN2CCC(C3CC3)CC2)CCN1.C1CCN(CCC2CCNCC2)CC1.CCC(C)CN1CC2(CNC2)C1. The van der Waals surface area contributed by atoms with Crippen LogP contribution in [0.2, 0.25) is 0 Å². The summed E-state index contributed by atoms with van der Waals surface area (Å²) in [6.07, 6.45) is 18.8. The minimum Gasteiger partial charge on any atom is -0.317 e.